The Bertz CT molecular complexity index is 461. The van der Waals surface area contributed by atoms with Crippen molar-refractivity contribution in [1.82, 2.24) is 20.1 Å². The van der Waals surface area contributed by atoms with E-state index in [0.29, 0.717) is 23.3 Å². The molecule has 2 saturated carbocycles. The maximum Gasteiger partial charge on any atom is 0.191 e. The Morgan fingerprint density at radius 1 is 1.19 bits per heavy atom. The van der Waals surface area contributed by atoms with E-state index in [2.05, 4.69) is 40.9 Å². The zero-order valence-electron chi connectivity index (χ0n) is 13.5. The molecule has 1 N–H and O–H groups in total. The third-order valence-corrected chi connectivity index (χ3v) is 5.59. The molecule has 1 aromatic rings. The highest BCUT2D eigenvalue weighted by Gasteiger charge is 2.36. The Hall–Kier alpha value is -0.550. The van der Waals surface area contributed by atoms with E-state index in [1.807, 2.05) is 11.8 Å². The van der Waals surface area contributed by atoms with E-state index >= 15 is 0 Å². The Labute approximate surface area is 132 Å². The molecular formula is C16H28N4S. The first-order valence-corrected chi connectivity index (χ1v) is 9.45. The van der Waals surface area contributed by atoms with Crippen LogP contribution in [-0.4, -0.2) is 32.6 Å². The van der Waals surface area contributed by atoms with Gasteiger partial charge >= 0.3 is 0 Å². The molecule has 5 heteroatoms. The normalized spacial score (nSPS) is 20.2. The quantitative estimate of drug-likeness (QED) is 0.706. The fourth-order valence-electron chi connectivity index (χ4n) is 2.80. The van der Waals surface area contributed by atoms with Gasteiger partial charge in [-0.1, -0.05) is 32.5 Å². The van der Waals surface area contributed by atoms with Crippen molar-refractivity contribution in [3.05, 3.63) is 5.82 Å². The minimum Gasteiger partial charge on any atom is -0.313 e. The predicted molar refractivity (Wildman–Crippen MR) is 88.0 cm³/mol. The van der Waals surface area contributed by atoms with Gasteiger partial charge in [0.15, 0.2) is 5.16 Å². The third kappa shape index (κ3) is 3.81. The van der Waals surface area contributed by atoms with Crippen molar-refractivity contribution in [2.75, 3.05) is 6.54 Å². The maximum atomic E-state index is 4.49. The standard InChI is InChI=1S/C16H28N4S/c1-4-13(5-2)17-10-11(3)21-16-19-18-15(12-6-7-12)20(16)14-8-9-14/h11-14,17H,4-10H2,1-3H3. The summed E-state index contributed by atoms with van der Waals surface area (Å²) in [6.07, 6.45) is 7.65. The summed E-state index contributed by atoms with van der Waals surface area (Å²) in [5.41, 5.74) is 0. The van der Waals surface area contributed by atoms with Gasteiger partial charge in [-0.15, -0.1) is 10.2 Å². The van der Waals surface area contributed by atoms with E-state index in [9.17, 15) is 0 Å². The minimum absolute atomic E-state index is 0.541. The number of rotatable bonds is 9. The van der Waals surface area contributed by atoms with Crippen LogP contribution in [0.15, 0.2) is 5.16 Å². The molecule has 1 unspecified atom stereocenters. The average molecular weight is 308 g/mol. The lowest BCUT2D eigenvalue weighted by atomic mass is 10.2. The van der Waals surface area contributed by atoms with Gasteiger partial charge in [-0.05, 0) is 38.5 Å². The van der Waals surface area contributed by atoms with E-state index in [1.165, 1.54) is 44.3 Å². The molecule has 0 aromatic carbocycles. The van der Waals surface area contributed by atoms with E-state index in [1.54, 1.807) is 0 Å². The lowest BCUT2D eigenvalue weighted by Crippen LogP contribution is -2.32. The maximum absolute atomic E-state index is 4.49. The van der Waals surface area contributed by atoms with Crippen molar-refractivity contribution in [2.24, 2.45) is 0 Å². The second kappa shape index (κ2) is 6.69. The van der Waals surface area contributed by atoms with Crippen LogP contribution in [0.25, 0.3) is 0 Å². The second-order valence-corrected chi connectivity index (χ2v) is 7.97. The summed E-state index contributed by atoms with van der Waals surface area (Å²) >= 11 is 1.89. The minimum atomic E-state index is 0.541. The molecule has 0 bridgehead atoms. The molecule has 118 valence electrons. The van der Waals surface area contributed by atoms with E-state index in [-0.39, 0.29) is 0 Å². The van der Waals surface area contributed by atoms with Gasteiger partial charge in [0.2, 0.25) is 0 Å². The van der Waals surface area contributed by atoms with Crippen LogP contribution in [0.3, 0.4) is 0 Å². The largest absolute Gasteiger partial charge is 0.313 e. The molecule has 0 radical (unpaired) electrons. The number of nitrogens with one attached hydrogen (secondary N) is 1. The highest BCUT2D eigenvalue weighted by Crippen LogP contribution is 2.46. The Morgan fingerprint density at radius 3 is 2.48 bits per heavy atom. The van der Waals surface area contributed by atoms with Gasteiger partial charge in [-0.25, -0.2) is 0 Å². The van der Waals surface area contributed by atoms with Crippen LogP contribution in [0.2, 0.25) is 0 Å². The number of hydrogen-bond acceptors (Lipinski definition) is 4. The van der Waals surface area contributed by atoms with Gasteiger partial charge in [-0.2, -0.15) is 0 Å². The van der Waals surface area contributed by atoms with E-state index in [4.69, 9.17) is 0 Å². The summed E-state index contributed by atoms with van der Waals surface area (Å²) in [4.78, 5) is 0. The zero-order valence-corrected chi connectivity index (χ0v) is 14.3. The summed E-state index contributed by atoms with van der Waals surface area (Å²) in [6, 6.07) is 1.34. The van der Waals surface area contributed by atoms with Crippen LogP contribution >= 0.6 is 11.8 Å². The Balaban J connectivity index is 1.59. The molecule has 0 amide bonds. The lowest BCUT2D eigenvalue weighted by molar-refractivity contribution is 0.487. The van der Waals surface area contributed by atoms with E-state index in [0.717, 1.165) is 11.7 Å². The smallest absolute Gasteiger partial charge is 0.191 e. The van der Waals surface area contributed by atoms with Crippen LogP contribution in [0.1, 0.15) is 77.1 Å². The summed E-state index contributed by atoms with van der Waals surface area (Å²) < 4.78 is 2.45. The van der Waals surface area contributed by atoms with Crippen molar-refractivity contribution >= 4 is 11.8 Å². The fourth-order valence-corrected chi connectivity index (χ4v) is 3.78. The topological polar surface area (TPSA) is 42.7 Å². The van der Waals surface area contributed by atoms with Crippen molar-refractivity contribution in [3.63, 3.8) is 0 Å². The zero-order chi connectivity index (χ0) is 14.8. The monoisotopic (exact) mass is 308 g/mol. The van der Waals surface area contributed by atoms with Crippen molar-refractivity contribution < 1.29 is 0 Å². The second-order valence-electron chi connectivity index (χ2n) is 6.57. The van der Waals surface area contributed by atoms with Gasteiger partial charge in [0.1, 0.15) is 5.82 Å². The first-order valence-electron chi connectivity index (χ1n) is 8.57. The van der Waals surface area contributed by atoms with Gasteiger partial charge in [0.25, 0.3) is 0 Å². The van der Waals surface area contributed by atoms with Crippen molar-refractivity contribution in [3.8, 4) is 0 Å². The lowest BCUT2D eigenvalue weighted by Gasteiger charge is -2.18. The molecule has 0 spiro atoms. The highest BCUT2D eigenvalue weighted by molar-refractivity contribution is 7.99. The Kier molecular flexibility index (Phi) is 4.89. The Morgan fingerprint density at radius 2 is 1.90 bits per heavy atom. The van der Waals surface area contributed by atoms with Crippen LogP contribution in [0.4, 0.5) is 0 Å². The molecular weight excluding hydrogens is 280 g/mol. The fraction of sp³-hybridized carbons (Fsp3) is 0.875. The highest BCUT2D eigenvalue weighted by atomic mass is 32.2. The summed E-state index contributed by atoms with van der Waals surface area (Å²) in [5.74, 6) is 1.96. The van der Waals surface area contributed by atoms with Crippen molar-refractivity contribution in [1.29, 1.82) is 0 Å². The average Bonchev–Trinajstić information content (AvgIpc) is 3.39. The molecule has 3 rings (SSSR count). The molecule has 0 saturated heterocycles. The third-order valence-electron chi connectivity index (χ3n) is 4.53. The van der Waals surface area contributed by atoms with E-state index < -0.39 is 0 Å². The summed E-state index contributed by atoms with van der Waals surface area (Å²) in [7, 11) is 0. The van der Waals surface area contributed by atoms with Crippen LogP contribution in [-0.2, 0) is 0 Å². The SMILES string of the molecule is CCC(CC)NCC(C)Sc1nnc(C2CC2)n1C1CC1. The molecule has 4 nitrogen and oxygen atoms in total. The molecule has 21 heavy (non-hydrogen) atoms. The number of nitrogens with zero attached hydrogens (tertiary/aromatic N) is 3. The molecule has 1 aromatic heterocycles. The number of aromatic nitrogens is 3. The van der Waals surface area contributed by atoms with Crippen LogP contribution in [0.5, 0.6) is 0 Å². The van der Waals surface area contributed by atoms with Gasteiger partial charge in [0.05, 0.1) is 0 Å². The van der Waals surface area contributed by atoms with Gasteiger partial charge < -0.3 is 9.88 Å². The molecule has 1 heterocycles. The van der Waals surface area contributed by atoms with Crippen LogP contribution in [0, 0.1) is 0 Å². The summed E-state index contributed by atoms with van der Waals surface area (Å²) in [6.45, 7) is 7.85. The van der Waals surface area contributed by atoms with Gasteiger partial charge in [-0.3, -0.25) is 0 Å². The van der Waals surface area contributed by atoms with Crippen molar-refractivity contribution in [2.45, 2.75) is 87.7 Å². The first-order chi connectivity index (χ1) is 10.2. The molecule has 0 aliphatic heterocycles. The molecule has 2 aliphatic rings. The first kappa shape index (κ1) is 15.3. The molecule has 2 aliphatic carbocycles. The van der Waals surface area contributed by atoms with Gasteiger partial charge in [0, 0.05) is 29.8 Å². The van der Waals surface area contributed by atoms with Crippen LogP contribution < -0.4 is 5.32 Å². The number of hydrogen-bond donors (Lipinski definition) is 1. The number of thioether (sulfide) groups is 1. The summed E-state index contributed by atoms with van der Waals surface area (Å²) in [5, 5.41) is 14.3. The molecule has 2 fully saturated rings. The predicted octanol–water partition coefficient (Wildman–Crippen LogP) is 3.75. The molecule has 1 atom stereocenters.